The molecule has 7 rings (SSSR count). The molecule has 0 radical (unpaired) electrons. The number of furan rings is 2. The number of aromatic hydroxyl groups is 1. The minimum Gasteiger partial charge on any atom is -0.508 e. The van der Waals surface area contributed by atoms with E-state index in [9.17, 15) is 5.11 Å². The third-order valence-corrected chi connectivity index (χ3v) is 6.38. The molecule has 2 aliphatic heterocycles. The van der Waals surface area contributed by atoms with Crippen molar-refractivity contribution in [2.24, 2.45) is 0 Å². The number of hydrogen-bond donors (Lipinski definition) is 1. The highest BCUT2D eigenvalue weighted by Gasteiger charge is 2.60. The lowest BCUT2D eigenvalue weighted by atomic mass is 9.54. The molecule has 0 amide bonds. The molecule has 1 aromatic carbocycles. The highest BCUT2D eigenvalue weighted by Crippen LogP contribution is 2.59. The van der Waals surface area contributed by atoms with Gasteiger partial charge in [0.1, 0.15) is 5.75 Å². The van der Waals surface area contributed by atoms with Gasteiger partial charge in [-0.3, -0.25) is 0 Å². The number of phenols is 1. The van der Waals surface area contributed by atoms with E-state index in [2.05, 4.69) is 47.2 Å². The number of nitrogens with zero attached hydrogens (tertiary/aromatic N) is 1. The highest BCUT2D eigenvalue weighted by molar-refractivity contribution is 5.55. The minimum atomic E-state index is -0.268. The summed E-state index contributed by atoms with van der Waals surface area (Å²) in [5.41, 5.74) is 5.79. The van der Waals surface area contributed by atoms with Crippen LogP contribution in [-0.2, 0) is 5.41 Å². The van der Waals surface area contributed by atoms with Crippen molar-refractivity contribution >= 4 is 0 Å². The van der Waals surface area contributed by atoms with E-state index in [0.29, 0.717) is 5.75 Å². The van der Waals surface area contributed by atoms with Crippen molar-refractivity contribution in [2.45, 2.75) is 23.8 Å². The first kappa shape index (κ1) is 14.9. The van der Waals surface area contributed by atoms with Crippen molar-refractivity contribution in [3.05, 3.63) is 108 Å². The van der Waals surface area contributed by atoms with Crippen LogP contribution < -0.4 is 4.57 Å². The van der Waals surface area contributed by atoms with Gasteiger partial charge in [0.15, 0.2) is 17.9 Å². The molecule has 27 heavy (non-hydrogen) atoms. The van der Waals surface area contributed by atoms with Crippen LogP contribution in [0.5, 0.6) is 5.75 Å². The van der Waals surface area contributed by atoms with Crippen LogP contribution in [0, 0.1) is 0 Å². The van der Waals surface area contributed by atoms with Gasteiger partial charge in [0.2, 0.25) is 0 Å². The highest BCUT2D eigenvalue weighted by atomic mass is 16.3. The van der Waals surface area contributed by atoms with Gasteiger partial charge in [0.25, 0.3) is 0 Å². The fourth-order valence-electron chi connectivity index (χ4n) is 5.34. The van der Waals surface area contributed by atoms with Crippen molar-refractivity contribution in [1.29, 1.82) is 0 Å². The van der Waals surface area contributed by atoms with Crippen LogP contribution in [0.25, 0.3) is 0 Å². The lowest BCUT2D eigenvalue weighted by Crippen LogP contribution is -2.59. The maximum absolute atomic E-state index is 10.1. The molecular formula is C23H18NO3+. The first-order valence-corrected chi connectivity index (χ1v) is 9.17. The standard InChI is InChI=1S/C23H17NO3/c25-17-4-5-18-19(11-17)21-12-23(15-6-9-26-13-15,16-7-10-27-14-16)22(18)20-3-1-2-8-24(20)21/h1-11,13-14,21-22H,12H2/p+1/t21-,22+/m1/s1. The minimum absolute atomic E-state index is 0.106. The summed E-state index contributed by atoms with van der Waals surface area (Å²) in [4.78, 5) is 0. The van der Waals surface area contributed by atoms with E-state index in [0.717, 1.165) is 17.5 Å². The molecule has 0 saturated carbocycles. The van der Waals surface area contributed by atoms with E-state index in [4.69, 9.17) is 8.83 Å². The molecule has 132 valence electrons. The summed E-state index contributed by atoms with van der Waals surface area (Å²) in [7, 11) is 0. The molecule has 2 bridgehead atoms. The van der Waals surface area contributed by atoms with Crippen LogP contribution in [0.1, 0.15) is 46.3 Å². The normalized spacial score (nSPS) is 21.6. The molecule has 4 heteroatoms. The molecule has 0 spiro atoms. The average Bonchev–Trinajstić information content (AvgIpc) is 3.42. The third kappa shape index (κ3) is 1.80. The van der Waals surface area contributed by atoms with Crippen molar-refractivity contribution in [3.63, 3.8) is 0 Å². The number of benzene rings is 1. The largest absolute Gasteiger partial charge is 0.508 e. The van der Waals surface area contributed by atoms with E-state index < -0.39 is 0 Å². The zero-order valence-electron chi connectivity index (χ0n) is 14.6. The Bertz CT molecular complexity index is 1090. The Labute approximate surface area is 156 Å². The van der Waals surface area contributed by atoms with Gasteiger partial charge in [-0.2, -0.15) is 4.57 Å². The molecule has 0 unspecified atom stereocenters. The molecule has 2 atom stereocenters. The van der Waals surface area contributed by atoms with Crippen LogP contribution in [0.4, 0.5) is 0 Å². The fraction of sp³-hybridized carbons (Fsp3) is 0.174. The fourth-order valence-corrected chi connectivity index (χ4v) is 5.34. The molecule has 4 nitrogen and oxygen atoms in total. The lowest BCUT2D eigenvalue weighted by molar-refractivity contribution is -0.732. The summed E-state index contributed by atoms with van der Waals surface area (Å²) >= 11 is 0. The SMILES string of the molecule is Oc1ccc2c(c1)[C@H]1CC(c3ccoc3)(c3ccoc3)[C@@H]2c2cccc[n+]21. The molecule has 1 aliphatic carbocycles. The van der Waals surface area contributed by atoms with E-state index in [1.807, 2.05) is 18.6 Å². The van der Waals surface area contributed by atoms with Crippen LogP contribution in [-0.4, -0.2) is 5.11 Å². The number of pyridine rings is 1. The molecule has 5 heterocycles. The summed E-state index contributed by atoms with van der Waals surface area (Å²) in [5.74, 6) is 0.422. The van der Waals surface area contributed by atoms with Crippen molar-refractivity contribution in [1.82, 2.24) is 0 Å². The Kier molecular flexibility index (Phi) is 2.82. The van der Waals surface area contributed by atoms with Crippen molar-refractivity contribution in [3.8, 4) is 5.75 Å². The Morgan fingerprint density at radius 3 is 2.41 bits per heavy atom. The number of rotatable bonds is 2. The summed E-state index contributed by atoms with van der Waals surface area (Å²) in [6.45, 7) is 0. The molecule has 4 aromatic rings. The van der Waals surface area contributed by atoms with Gasteiger partial charge in [-0.05, 0) is 29.8 Å². The van der Waals surface area contributed by atoms with Crippen LogP contribution in [0.2, 0.25) is 0 Å². The smallest absolute Gasteiger partial charge is 0.190 e. The summed E-state index contributed by atoms with van der Waals surface area (Å²) in [6.07, 6.45) is 10.2. The van der Waals surface area contributed by atoms with Crippen LogP contribution in [0.15, 0.2) is 88.6 Å². The van der Waals surface area contributed by atoms with Crippen molar-refractivity contribution in [2.75, 3.05) is 0 Å². The molecule has 3 aliphatic rings. The van der Waals surface area contributed by atoms with E-state index in [1.165, 1.54) is 16.8 Å². The van der Waals surface area contributed by atoms with Crippen LogP contribution in [0.3, 0.4) is 0 Å². The Hall–Kier alpha value is -3.27. The Morgan fingerprint density at radius 1 is 0.926 bits per heavy atom. The first-order valence-electron chi connectivity index (χ1n) is 9.17. The molecule has 0 saturated heterocycles. The van der Waals surface area contributed by atoms with E-state index in [-0.39, 0.29) is 17.4 Å². The maximum Gasteiger partial charge on any atom is 0.190 e. The molecule has 1 N–H and O–H groups in total. The number of hydrogen-bond acceptors (Lipinski definition) is 3. The van der Waals surface area contributed by atoms with Gasteiger partial charge in [0.05, 0.1) is 36.4 Å². The molecule has 0 fully saturated rings. The van der Waals surface area contributed by atoms with Gasteiger partial charge in [-0.25, -0.2) is 0 Å². The predicted octanol–water partition coefficient (Wildman–Crippen LogP) is 4.29. The van der Waals surface area contributed by atoms with E-state index >= 15 is 0 Å². The summed E-state index contributed by atoms with van der Waals surface area (Å²) in [5, 5.41) is 10.1. The Balaban J connectivity index is 1.73. The zero-order chi connectivity index (χ0) is 18.0. The van der Waals surface area contributed by atoms with Crippen molar-refractivity contribution < 1.29 is 18.5 Å². The zero-order valence-corrected chi connectivity index (χ0v) is 14.6. The predicted molar refractivity (Wildman–Crippen MR) is 97.5 cm³/mol. The average molecular weight is 356 g/mol. The number of aromatic nitrogens is 1. The second-order valence-electron chi connectivity index (χ2n) is 7.49. The van der Waals surface area contributed by atoms with Gasteiger partial charge < -0.3 is 13.9 Å². The van der Waals surface area contributed by atoms with Gasteiger partial charge in [-0.15, -0.1) is 0 Å². The maximum atomic E-state index is 10.1. The lowest BCUT2D eigenvalue weighted by Gasteiger charge is -2.48. The number of fused-ring (bicyclic) bond motifs is 1. The van der Waals surface area contributed by atoms with Gasteiger partial charge in [-0.1, -0.05) is 12.1 Å². The topological polar surface area (TPSA) is 50.4 Å². The van der Waals surface area contributed by atoms with Gasteiger partial charge >= 0.3 is 0 Å². The second-order valence-corrected chi connectivity index (χ2v) is 7.49. The van der Waals surface area contributed by atoms with Crippen LogP contribution >= 0.6 is 0 Å². The molecule has 3 aromatic heterocycles. The quantitative estimate of drug-likeness (QED) is 0.545. The monoisotopic (exact) mass is 356 g/mol. The summed E-state index contributed by atoms with van der Waals surface area (Å²) in [6, 6.07) is 16.5. The van der Waals surface area contributed by atoms with Gasteiger partial charge in [0, 0.05) is 35.2 Å². The molecular weight excluding hydrogens is 338 g/mol. The second kappa shape index (κ2) is 5.13. The summed E-state index contributed by atoms with van der Waals surface area (Å²) < 4.78 is 13.4. The Morgan fingerprint density at radius 2 is 1.70 bits per heavy atom. The van der Waals surface area contributed by atoms with E-state index in [1.54, 1.807) is 18.6 Å². The number of phenolic OH excluding ortho intramolecular Hbond substituents is 1. The third-order valence-electron chi connectivity index (χ3n) is 6.38. The first-order chi connectivity index (χ1) is 13.3.